The lowest BCUT2D eigenvalue weighted by Gasteiger charge is -2.36. The van der Waals surface area contributed by atoms with Crippen LogP contribution in [0.1, 0.15) is 12.0 Å². The Bertz CT molecular complexity index is 331. The fourth-order valence-corrected chi connectivity index (χ4v) is 1.82. The zero-order valence-electron chi connectivity index (χ0n) is 9.44. The Balaban J connectivity index is 2.24. The van der Waals surface area contributed by atoms with E-state index in [1.165, 1.54) is 0 Å². The number of methoxy groups -OCH3 is 1. The molecule has 0 saturated carbocycles. The summed E-state index contributed by atoms with van der Waals surface area (Å²) in [6.07, 6.45) is 0.915. The van der Waals surface area contributed by atoms with E-state index in [0.29, 0.717) is 19.8 Å². The molecule has 0 radical (unpaired) electrons. The molecule has 1 aliphatic heterocycles. The van der Waals surface area contributed by atoms with Gasteiger partial charge in [0.05, 0.1) is 26.9 Å². The monoisotopic (exact) mass is 223 g/mol. The lowest BCUT2D eigenvalue weighted by atomic mass is 10.0. The summed E-state index contributed by atoms with van der Waals surface area (Å²) in [4.78, 5) is 0. The van der Waals surface area contributed by atoms with Crippen LogP contribution in [0.3, 0.4) is 0 Å². The second-order valence-corrected chi connectivity index (χ2v) is 3.74. The largest absolute Gasteiger partial charge is 0.497 e. The Labute approximate surface area is 95.3 Å². The Hall–Kier alpha value is -1.10. The Kier molecular flexibility index (Phi) is 3.43. The van der Waals surface area contributed by atoms with Gasteiger partial charge in [-0.15, -0.1) is 0 Å². The van der Waals surface area contributed by atoms with Crippen LogP contribution < -0.4 is 10.5 Å². The summed E-state index contributed by atoms with van der Waals surface area (Å²) >= 11 is 0. The minimum atomic E-state index is -0.773. The normalized spacial score (nSPS) is 19.4. The highest BCUT2D eigenvalue weighted by Crippen LogP contribution is 2.30. The number of ether oxygens (including phenoxy) is 3. The molecule has 0 spiro atoms. The highest BCUT2D eigenvalue weighted by Gasteiger charge is 2.35. The zero-order chi connectivity index (χ0) is 11.4. The molecule has 1 aromatic carbocycles. The first kappa shape index (κ1) is 11.4. The molecule has 4 nitrogen and oxygen atoms in total. The van der Waals surface area contributed by atoms with Gasteiger partial charge in [-0.25, -0.2) is 0 Å². The number of hydrogen-bond acceptors (Lipinski definition) is 4. The van der Waals surface area contributed by atoms with Crippen LogP contribution in [-0.2, 0) is 15.3 Å². The molecule has 1 aromatic rings. The van der Waals surface area contributed by atoms with Gasteiger partial charge in [-0.3, -0.25) is 0 Å². The first-order valence-electron chi connectivity index (χ1n) is 5.43. The van der Waals surface area contributed by atoms with Gasteiger partial charge in [0.25, 0.3) is 0 Å². The standard InChI is InChI=1S/C12H17NO3/c1-14-11-5-3-10(4-6-11)12(9-13)15-7-2-8-16-12/h3-6H,2,7-9,13H2,1H3. The molecule has 4 heteroatoms. The van der Waals surface area contributed by atoms with Crippen molar-refractivity contribution in [1.29, 1.82) is 0 Å². The van der Waals surface area contributed by atoms with Gasteiger partial charge < -0.3 is 19.9 Å². The molecule has 1 saturated heterocycles. The van der Waals surface area contributed by atoms with Gasteiger partial charge in [0, 0.05) is 5.56 Å². The second-order valence-electron chi connectivity index (χ2n) is 3.74. The van der Waals surface area contributed by atoms with Crippen molar-refractivity contribution in [3.05, 3.63) is 29.8 Å². The molecule has 88 valence electrons. The van der Waals surface area contributed by atoms with Crippen LogP contribution in [-0.4, -0.2) is 26.9 Å². The van der Waals surface area contributed by atoms with Crippen LogP contribution in [0.4, 0.5) is 0 Å². The van der Waals surface area contributed by atoms with Gasteiger partial charge in [-0.05, 0) is 30.7 Å². The smallest absolute Gasteiger partial charge is 0.207 e. The lowest BCUT2D eigenvalue weighted by Crippen LogP contribution is -2.44. The van der Waals surface area contributed by atoms with Crippen molar-refractivity contribution in [3.8, 4) is 5.75 Å². The van der Waals surface area contributed by atoms with E-state index < -0.39 is 5.79 Å². The summed E-state index contributed by atoms with van der Waals surface area (Å²) < 4.78 is 16.5. The molecule has 2 N–H and O–H groups in total. The molecule has 1 aliphatic rings. The molecule has 2 rings (SSSR count). The molecule has 0 aliphatic carbocycles. The van der Waals surface area contributed by atoms with Crippen LogP contribution >= 0.6 is 0 Å². The second kappa shape index (κ2) is 4.82. The van der Waals surface area contributed by atoms with Crippen LogP contribution in [0.2, 0.25) is 0 Å². The molecular formula is C12H17NO3. The molecule has 16 heavy (non-hydrogen) atoms. The maximum atomic E-state index is 5.76. The molecule has 0 bridgehead atoms. The number of benzene rings is 1. The van der Waals surface area contributed by atoms with Crippen molar-refractivity contribution in [2.24, 2.45) is 5.73 Å². The first-order chi connectivity index (χ1) is 7.80. The minimum Gasteiger partial charge on any atom is -0.497 e. The fourth-order valence-electron chi connectivity index (χ4n) is 1.82. The summed E-state index contributed by atoms with van der Waals surface area (Å²) in [6.45, 7) is 1.69. The van der Waals surface area contributed by atoms with Gasteiger partial charge in [-0.2, -0.15) is 0 Å². The van der Waals surface area contributed by atoms with E-state index >= 15 is 0 Å². The summed E-state index contributed by atoms with van der Waals surface area (Å²) in [5.41, 5.74) is 6.70. The van der Waals surface area contributed by atoms with Gasteiger partial charge in [-0.1, -0.05) is 0 Å². The Morgan fingerprint density at radius 1 is 1.25 bits per heavy atom. The van der Waals surface area contributed by atoms with E-state index in [9.17, 15) is 0 Å². The van der Waals surface area contributed by atoms with E-state index in [2.05, 4.69) is 0 Å². The maximum Gasteiger partial charge on any atom is 0.207 e. The Morgan fingerprint density at radius 3 is 2.38 bits per heavy atom. The predicted molar refractivity (Wildman–Crippen MR) is 60.2 cm³/mol. The average Bonchev–Trinajstić information content (AvgIpc) is 2.39. The third-order valence-electron chi connectivity index (χ3n) is 2.76. The summed E-state index contributed by atoms with van der Waals surface area (Å²) in [5, 5.41) is 0. The van der Waals surface area contributed by atoms with Gasteiger partial charge >= 0.3 is 0 Å². The number of nitrogens with two attached hydrogens (primary N) is 1. The molecule has 0 aromatic heterocycles. The van der Waals surface area contributed by atoms with E-state index in [4.69, 9.17) is 19.9 Å². The van der Waals surface area contributed by atoms with Crippen LogP contribution in [0, 0.1) is 0 Å². The number of hydrogen-bond donors (Lipinski definition) is 1. The third kappa shape index (κ3) is 2.04. The van der Waals surface area contributed by atoms with Gasteiger partial charge in [0.1, 0.15) is 5.75 Å². The minimum absolute atomic E-state index is 0.319. The molecule has 1 heterocycles. The topological polar surface area (TPSA) is 53.7 Å². The maximum absolute atomic E-state index is 5.76. The van der Waals surface area contributed by atoms with Crippen LogP contribution in [0.15, 0.2) is 24.3 Å². The SMILES string of the molecule is COc1ccc(C2(CN)OCCCO2)cc1. The van der Waals surface area contributed by atoms with Crippen LogP contribution in [0.25, 0.3) is 0 Å². The Morgan fingerprint density at radius 2 is 1.88 bits per heavy atom. The summed E-state index contributed by atoms with van der Waals surface area (Å²) in [5.74, 6) is 0.0385. The summed E-state index contributed by atoms with van der Waals surface area (Å²) in [6, 6.07) is 7.62. The highest BCUT2D eigenvalue weighted by atomic mass is 16.7. The molecular weight excluding hydrogens is 206 g/mol. The molecule has 1 fully saturated rings. The van der Waals surface area contributed by atoms with Crippen molar-refractivity contribution in [3.63, 3.8) is 0 Å². The number of rotatable bonds is 3. The van der Waals surface area contributed by atoms with Crippen molar-refractivity contribution in [1.82, 2.24) is 0 Å². The van der Waals surface area contributed by atoms with Crippen molar-refractivity contribution >= 4 is 0 Å². The summed E-state index contributed by atoms with van der Waals surface area (Å²) in [7, 11) is 1.64. The molecule has 0 atom stereocenters. The van der Waals surface area contributed by atoms with Crippen molar-refractivity contribution in [2.75, 3.05) is 26.9 Å². The van der Waals surface area contributed by atoms with Crippen molar-refractivity contribution < 1.29 is 14.2 Å². The zero-order valence-corrected chi connectivity index (χ0v) is 9.44. The van der Waals surface area contributed by atoms with Crippen LogP contribution in [0.5, 0.6) is 5.75 Å². The molecule has 0 amide bonds. The lowest BCUT2D eigenvalue weighted by molar-refractivity contribution is -0.269. The van der Waals surface area contributed by atoms with E-state index in [0.717, 1.165) is 17.7 Å². The highest BCUT2D eigenvalue weighted by molar-refractivity contribution is 5.30. The first-order valence-corrected chi connectivity index (χ1v) is 5.43. The van der Waals surface area contributed by atoms with E-state index in [1.807, 2.05) is 24.3 Å². The third-order valence-corrected chi connectivity index (χ3v) is 2.76. The average molecular weight is 223 g/mol. The van der Waals surface area contributed by atoms with Gasteiger partial charge in [0.15, 0.2) is 0 Å². The fraction of sp³-hybridized carbons (Fsp3) is 0.500. The van der Waals surface area contributed by atoms with E-state index in [1.54, 1.807) is 7.11 Å². The molecule has 0 unspecified atom stereocenters. The van der Waals surface area contributed by atoms with Gasteiger partial charge in [0.2, 0.25) is 5.79 Å². The quantitative estimate of drug-likeness (QED) is 0.837. The van der Waals surface area contributed by atoms with E-state index in [-0.39, 0.29) is 0 Å². The predicted octanol–water partition coefficient (Wildman–Crippen LogP) is 1.24. The van der Waals surface area contributed by atoms with Crippen molar-refractivity contribution in [2.45, 2.75) is 12.2 Å².